The highest BCUT2D eigenvalue weighted by Crippen LogP contribution is 2.37. The van der Waals surface area contributed by atoms with Gasteiger partial charge in [0, 0.05) is 28.3 Å². The molecule has 3 aromatic rings. The molecule has 0 radical (unpaired) electrons. The molecule has 0 amide bonds. The Morgan fingerprint density at radius 1 is 1.00 bits per heavy atom. The molecule has 158 valence electrons. The van der Waals surface area contributed by atoms with Gasteiger partial charge in [0.05, 0.1) is 11.1 Å². The molecular formula is C23H22F4N2S. The van der Waals surface area contributed by atoms with Crippen molar-refractivity contribution in [2.24, 2.45) is 0 Å². The van der Waals surface area contributed by atoms with E-state index >= 15 is 0 Å². The lowest BCUT2D eigenvalue weighted by Gasteiger charge is -2.31. The van der Waals surface area contributed by atoms with Gasteiger partial charge in [-0.2, -0.15) is 13.2 Å². The smallest absolute Gasteiger partial charge is 0.303 e. The van der Waals surface area contributed by atoms with Crippen LogP contribution in [-0.4, -0.2) is 34.8 Å². The van der Waals surface area contributed by atoms with Crippen molar-refractivity contribution in [3.8, 4) is 0 Å². The first-order valence-electron chi connectivity index (χ1n) is 9.98. The highest BCUT2D eigenvalue weighted by atomic mass is 32.2. The molecule has 0 saturated carbocycles. The zero-order chi connectivity index (χ0) is 21.1. The van der Waals surface area contributed by atoms with E-state index in [0.717, 1.165) is 66.9 Å². The van der Waals surface area contributed by atoms with Crippen LogP contribution < -0.4 is 0 Å². The molecule has 0 bridgehead atoms. The number of nitrogens with zero attached hydrogens (tertiary/aromatic N) is 2. The number of alkyl halides is 3. The summed E-state index contributed by atoms with van der Waals surface area (Å²) in [6.07, 6.45) is 0.175. The molecule has 0 atom stereocenters. The molecule has 2 nitrogen and oxygen atoms in total. The fourth-order valence-electron chi connectivity index (χ4n) is 3.77. The van der Waals surface area contributed by atoms with Crippen molar-refractivity contribution in [1.82, 2.24) is 9.88 Å². The van der Waals surface area contributed by atoms with Crippen molar-refractivity contribution >= 4 is 22.7 Å². The highest BCUT2D eigenvalue weighted by molar-refractivity contribution is 8.00. The lowest BCUT2D eigenvalue weighted by molar-refractivity contribution is -0.137. The van der Waals surface area contributed by atoms with E-state index < -0.39 is 11.7 Å². The zero-order valence-electron chi connectivity index (χ0n) is 16.3. The van der Waals surface area contributed by atoms with E-state index in [1.165, 1.54) is 18.2 Å². The van der Waals surface area contributed by atoms with Gasteiger partial charge in [-0.15, -0.1) is 11.8 Å². The number of aromatic nitrogens is 1. The molecule has 1 saturated heterocycles. The second-order valence-corrected chi connectivity index (χ2v) is 8.92. The van der Waals surface area contributed by atoms with E-state index in [2.05, 4.69) is 9.88 Å². The number of hydrogen-bond acceptors (Lipinski definition) is 3. The van der Waals surface area contributed by atoms with E-state index in [-0.39, 0.29) is 5.82 Å². The summed E-state index contributed by atoms with van der Waals surface area (Å²) in [4.78, 5) is 7.54. The number of likely N-dealkylation sites (tertiary alicyclic amines) is 1. The van der Waals surface area contributed by atoms with Gasteiger partial charge < -0.3 is 4.90 Å². The molecule has 0 aliphatic carbocycles. The second kappa shape index (κ2) is 8.94. The van der Waals surface area contributed by atoms with Gasteiger partial charge in [0.15, 0.2) is 0 Å². The quantitative estimate of drug-likeness (QED) is 0.445. The molecule has 0 unspecified atom stereocenters. The van der Waals surface area contributed by atoms with Gasteiger partial charge in [0.25, 0.3) is 0 Å². The minimum Gasteiger partial charge on any atom is -0.303 e. The van der Waals surface area contributed by atoms with Crippen molar-refractivity contribution in [1.29, 1.82) is 0 Å². The molecule has 0 N–H and O–H groups in total. The summed E-state index contributed by atoms with van der Waals surface area (Å²) in [5.74, 6) is -0.213. The van der Waals surface area contributed by atoms with Crippen molar-refractivity contribution in [3.05, 3.63) is 71.7 Å². The topological polar surface area (TPSA) is 16.1 Å². The van der Waals surface area contributed by atoms with Crippen LogP contribution in [0.3, 0.4) is 0 Å². The standard InChI is InChI=1S/C23H22F4N2S/c24-18-4-1-16(2-5-18)8-12-29-13-9-19(10-14-29)30-22-7-11-28-21-15-17(23(25,26)27)3-6-20(21)22/h1-7,11,15,19H,8-10,12-14H2. The van der Waals surface area contributed by atoms with Gasteiger partial charge in [-0.25, -0.2) is 4.39 Å². The zero-order valence-corrected chi connectivity index (χ0v) is 17.1. The number of piperidine rings is 1. The molecule has 0 spiro atoms. The van der Waals surface area contributed by atoms with E-state index in [1.807, 2.05) is 18.2 Å². The van der Waals surface area contributed by atoms with Crippen LogP contribution in [0.25, 0.3) is 10.9 Å². The summed E-state index contributed by atoms with van der Waals surface area (Å²) in [7, 11) is 0. The molecular weight excluding hydrogens is 412 g/mol. The average molecular weight is 435 g/mol. The number of halogens is 4. The van der Waals surface area contributed by atoms with Crippen LogP contribution in [0.2, 0.25) is 0 Å². The molecule has 1 aliphatic heterocycles. The lowest BCUT2D eigenvalue weighted by Crippen LogP contribution is -2.36. The number of benzene rings is 2. The molecule has 1 aliphatic rings. The molecule has 1 aromatic heterocycles. The summed E-state index contributed by atoms with van der Waals surface area (Å²) in [5, 5.41) is 1.20. The summed E-state index contributed by atoms with van der Waals surface area (Å²) in [6.45, 7) is 2.92. The number of fused-ring (bicyclic) bond motifs is 1. The summed E-state index contributed by atoms with van der Waals surface area (Å²) in [5.41, 5.74) is 0.847. The van der Waals surface area contributed by atoms with Gasteiger partial charge in [0.1, 0.15) is 5.82 Å². The first-order chi connectivity index (χ1) is 14.4. The summed E-state index contributed by atoms with van der Waals surface area (Å²) in [6, 6.07) is 12.3. The van der Waals surface area contributed by atoms with Gasteiger partial charge in [0.2, 0.25) is 0 Å². The Labute approximate surface area is 177 Å². The van der Waals surface area contributed by atoms with E-state index in [1.54, 1.807) is 18.0 Å². The van der Waals surface area contributed by atoms with Gasteiger partial charge in [-0.3, -0.25) is 4.98 Å². The Bertz CT molecular complexity index is 996. The SMILES string of the molecule is Fc1ccc(CCN2CCC(Sc3ccnc4cc(C(F)(F)F)ccc34)CC2)cc1. The minimum atomic E-state index is -4.36. The van der Waals surface area contributed by atoms with Crippen LogP contribution in [0.5, 0.6) is 0 Å². The normalized spacial score (nSPS) is 16.3. The van der Waals surface area contributed by atoms with Crippen LogP contribution in [0.15, 0.2) is 59.6 Å². The molecule has 2 aromatic carbocycles. The Morgan fingerprint density at radius 3 is 2.43 bits per heavy atom. The van der Waals surface area contributed by atoms with Crippen molar-refractivity contribution in [2.45, 2.75) is 35.6 Å². The fraction of sp³-hybridized carbons (Fsp3) is 0.348. The molecule has 7 heteroatoms. The molecule has 2 heterocycles. The van der Waals surface area contributed by atoms with Crippen molar-refractivity contribution in [3.63, 3.8) is 0 Å². The average Bonchev–Trinajstić information content (AvgIpc) is 2.73. The van der Waals surface area contributed by atoms with Crippen LogP contribution in [0.1, 0.15) is 24.0 Å². The van der Waals surface area contributed by atoms with Gasteiger partial charge >= 0.3 is 6.18 Å². The maximum absolute atomic E-state index is 13.0. The third kappa shape index (κ3) is 5.13. The fourth-order valence-corrected chi connectivity index (χ4v) is 5.01. The number of hydrogen-bond donors (Lipinski definition) is 0. The van der Waals surface area contributed by atoms with Crippen molar-refractivity contribution in [2.75, 3.05) is 19.6 Å². The van der Waals surface area contributed by atoms with Gasteiger partial charge in [-0.05, 0) is 68.2 Å². The maximum atomic E-state index is 13.0. The first-order valence-corrected chi connectivity index (χ1v) is 10.9. The monoisotopic (exact) mass is 434 g/mol. The Morgan fingerprint density at radius 2 is 1.73 bits per heavy atom. The lowest BCUT2D eigenvalue weighted by atomic mass is 10.1. The van der Waals surface area contributed by atoms with Crippen LogP contribution >= 0.6 is 11.8 Å². The number of pyridine rings is 1. The third-order valence-corrected chi connectivity index (χ3v) is 6.90. The van der Waals surface area contributed by atoms with E-state index in [9.17, 15) is 17.6 Å². The predicted octanol–water partition coefficient (Wildman–Crippen LogP) is 6.19. The Balaban J connectivity index is 1.34. The van der Waals surface area contributed by atoms with Crippen LogP contribution in [0.4, 0.5) is 17.6 Å². The van der Waals surface area contributed by atoms with Gasteiger partial charge in [-0.1, -0.05) is 18.2 Å². The Hall–Kier alpha value is -2.12. The molecule has 4 rings (SSSR count). The largest absolute Gasteiger partial charge is 0.416 e. The highest BCUT2D eigenvalue weighted by Gasteiger charge is 2.30. The minimum absolute atomic E-state index is 0.213. The number of rotatable bonds is 5. The van der Waals surface area contributed by atoms with Crippen LogP contribution in [-0.2, 0) is 12.6 Å². The molecule has 1 fully saturated rings. The summed E-state index contributed by atoms with van der Waals surface area (Å²) < 4.78 is 51.9. The van der Waals surface area contributed by atoms with E-state index in [4.69, 9.17) is 0 Å². The third-order valence-electron chi connectivity index (χ3n) is 5.49. The van der Waals surface area contributed by atoms with Crippen LogP contribution in [0, 0.1) is 5.82 Å². The van der Waals surface area contributed by atoms with E-state index in [0.29, 0.717) is 10.8 Å². The predicted molar refractivity (Wildman–Crippen MR) is 112 cm³/mol. The second-order valence-electron chi connectivity index (χ2n) is 7.57. The molecule has 30 heavy (non-hydrogen) atoms. The number of thioether (sulfide) groups is 1. The summed E-state index contributed by atoms with van der Waals surface area (Å²) >= 11 is 1.74. The first kappa shape index (κ1) is 21.1. The Kier molecular flexibility index (Phi) is 6.29. The maximum Gasteiger partial charge on any atom is 0.416 e. The van der Waals surface area contributed by atoms with Crippen molar-refractivity contribution < 1.29 is 17.6 Å².